The molecule has 0 unspecified atom stereocenters. The van der Waals surface area contributed by atoms with Gasteiger partial charge < -0.3 is 10.2 Å². The molecule has 1 fully saturated rings. The molecule has 2 rings (SSSR count). The monoisotopic (exact) mass is 293 g/mol. The number of hydrogen-bond donors (Lipinski definition) is 2. The maximum Gasteiger partial charge on any atom is 0.317 e. The number of allylic oxidation sites excluding steroid dienone is 1. The Hall–Kier alpha value is -1.85. The molecule has 4 amide bonds. The molecular formula is C15H23N3O3. The van der Waals surface area contributed by atoms with E-state index in [4.69, 9.17) is 0 Å². The number of carbonyl (C=O) groups excluding carboxylic acids is 3. The minimum Gasteiger partial charge on any atom is -0.331 e. The van der Waals surface area contributed by atoms with Gasteiger partial charge in [0.1, 0.15) is 0 Å². The maximum atomic E-state index is 12.2. The average molecular weight is 293 g/mol. The van der Waals surface area contributed by atoms with Gasteiger partial charge in [-0.1, -0.05) is 25.5 Å². The van der Waals surface area contributed by atoms with Crippen LogP contribution in [0.4, 0.5) is 4.79 Å². The highest BCUT2D eigenvalue weighted by Gasteiger charge is 2.52. The molecule has 0 saturated carbocycles. The van der Waals surface area contributed by atoms with Crippen molar-refractivity contribution in [3.63, 3.8) is 0 Å². The number of amides is 4. The van der Waals surface area contributed by atoms with Crippen LogP contribution in [0.2, 0.25) is 0 Å². The molecular weight excluding hydrogens is 270 g/mol. The summed E-state index contributed by atoms with van der Waals surface area (Å²) in [5, 5.41) is 5.32. The van der Waals surface area contributed by atoms with Crippen LogP contribution in [0.5, 0.6) is 0 Å². The van der Waals surface area contributed by atoms with Crippen LogP contribution < -0.4 is 10.6 Å². The van der Waals surface area contributed by atoms with Crippen molar-refractivity contribution in [3.8, 4) is 0 Å². The van der Waals surface area contributed by atoms with E-state index in [1.165, 1.54) is 4.90 Å². The summed E-state index contributed by atoms with van der Waals surface area (Å²) in [4.78, 5) is 37.6. The lowest BCUT2D eigenvalue weighted by Gasteiger charge is -2.36. The van der Waals surface area contributed by atoms with E-state index in [-0.39, 0.29) is 29.7 Å². The summed E-state index contributed by atoms with van der Waals surface area (Å²) < 4.78 is 0. The number of imide groups is 1. The molecule has 116 valence electrons. The molecule has 1 saturated heterocycles. The van der Waals surface area contributed by atoms with Crippen molar-refractivity contribution in [3.05, 3.63) is 11.6 Å². The molecule has 1 aliphatic carbocycles. The summed E-state index contributed by atoms with van der Waals surface area (Å²) >= 11 is 0. The van der Waals surface area contributed by atoms with Crippen molar-refractivity contribution in [2.75, 3.05) is 14.1 Å². The largest absolute Gasteiger partial charge is 0.331 e. The zero-order valence-electron chi connectivity index (χ0n) is 13.0. The normalized spacial score (nSPS) is 31.3. The molecule has 0 radical (unpaired) electrons. The van der Waals surface area contributed by atoms with Crippen LogP contribution in [0.1, 0.15) is 26.7 Å². The zero-order chi connectivity index (χ0) is 15.7. The highest BCUT2D eigenvalue weighted by molar-refractivity contribution is 6.06. The SMILES string of the molecule is CCC1=C[C@H](CC)[C@@H]2C(=O)NC(=O)[C@@H]2[C@@H]1NC(=O)N(C)C. The first-order valence-corrected chi connectivity index (χ1v) is 7.43. The third kappa shape index (κ3) is 2.66. The second kappa shape index (κ2) is 5.87. The van der Waals surface area contributed by atoms with E-state index in [0.717, 1.165) is 18.4 Å². The third-order valence-corrected chi connectivity index (χ3v) is 4.45. The van der Waals surface area contributed by atoms with E-state index < -0.39 is 12.0 Å². The number of nitrogens with zero attached hydrogens (tertiary/aromatic N) is 1. The van der Waals surface area contributed by atoms with E-state index in [0.29, 0.717) is 0 Å². The molecule has 21 heavy (non-hydrogen) atoms. The van der Waals surface area contributed by atoms with E-state index in [2.05, 4.69) is 16.7 Å². The molecule has 0 bridgehead atoms. The lowest BCUT2D eigenvalue weighted by atomic mass is 9.70. The quantitative estimate of drug-likeness (QED) is 0.599. The van der Waals surface area contributed by atoms with Gasteiger partial charge in [-0.15, -0.1) is 0 Å². The van der Waals surface area contributed by atoms with Gasteiger partial charge in [0.25, 0.3) is 0 Å². The Morgan fingerprint density at radius 2 is 1.86 bits per heavy atom. The fourth-order valence-corrected chi connectivity index (χ4v) is 3.30. The minimum absolute atomic E-state index is 0.0592. The first kappa shape index (κ1) is 15.5. The third-order valence-electron chi connectivity index (χ3n) is 4.45. The summed E-state index contributed by atoms with van der Waals surface area (Å²) in [6, 6.07) is -0.649. The first-order valence-electron chi connectivity index (χ1n) is 7.43. The van der Waals surface area contributed by atoms with Crippen LogP contribution in [0.25, 0.3) is 0 Å². The van der Waals surface area contributed by atoms with Crippen LogP contribution in [0, 0.1) is 17.8 Å². The first-order chi connectivity index (χ1) is 9.90. The van der Waals surface area contributed by atoms with Gasteiger partial charge >= 0.3 is 6.03 Å². The van der Waals surface area contributed by atoms with Crippen LogP contribution in [0.15, 0.2) is 11.6 Å². The fourth-order valence-electron chi connectivity index (χ4n) is 3.30. The van der Waals surface area contributed by atoms with Crippen molar-refractivity contribution in [1.82, 2.24) is 15.5 Å². The molecule has 4 atom stereocenters. The highest BCUT2D eigenvalue weighted by atomic mass is 16.2. The predicted octanol–water partition coefficient (Wildman–Crippen LogP) is 0.891. The Balaban J connectivity index is 2.38. The van der Waals surface area contributed by atoms with Gasteiger partial charge in [0.2, 0.25) is 11.8 Å². The summed E-state index contributed by atoms with van der Waals surface area (Å²) in [5.74, 6) is -1.29. The topological polar surface area (TPSA) is 78.5 Å². The van der Waals surface area contributed by atoms with E-state index in [9.17, 15) is 14.4 Å². The van der Waals surface area contributed by atoms with E-state index in [1.807, 2.05) is 13.8 Å². The van der Waals surface area contributed by atoms with Crippen molar-refractivity contribution in [2.24, 2.45) is 17.8 Å². The average Bonchev–Trinajstić information content (AvgIpc) is 2.74. The summed E-state index contributed by atoms with van der Waals surface area (Å²) in [6.07, 6.45) is 3.62. The molecule has 0 aromatic carbocycles. The predicted molar refractivity (Wildman–Crippen MR) is 78.3 cm³/mol. The molecule has 0 aromatic rings. The molecule has 0 aromatic heterocycles. The van der Waals surface area contributed by atoms with Gasteiger partial charge in [-0.25, -0.2) is 4.79 Å². The van der Waals surface area contributed by atoms with Gasteiger partial charge in [0, 0.05) is 14.1 Å². The van der Waals surface area contributed by atoms with Crippen LogP contribution >= 0.6 is 0 Å². The van der Waals surface area contributed by atoms with Gasteiger partial charge in [0.15, 0.2) is 0 Å². The Kier molecular flexibility index (Phi) is 4.34. The van der Waals surface area contributed by atoms with Gasteiger partial charge in [-0.2, -0.15) is 0 Å². The van der Waals surface area contributed by atoms with E-state index in [1.54, 1.807) is 14.1 Å². The number of rotatable bonds is 3. The van der Waals surface area contributed by atoms with Crippen LogP contribution in [-0.4, -0.2) is 42.9 Å². The molecule has 0 spiro atoms. The smallest absolute Gasteiger partial charge is 0.317 e. The Bertz CT molecular complexity index is 498. The van der Waals surface area contributed by atoms with Gasteiger partial charge in [0.05, 0.1) is 17.9 Å². The summed E-state index contributed by atoms with van der Waals surface area (Å²) in [5.41, 5.74) is 1.03. The number of urea groups is 1. The minimum atomic E-state index is -0.494. The fraction of sp³-hybridized carbons (Fsp3) is 0.667. The highest BCUT2D eigenvalue weighted by Crippen LogP contribution is 2.40. The van der Waals surface area contributed by atoms with Crippen molar-refractivity contribution in [1.29, 1.82) is 0 Å². The van der Waals surface area contributed by atoms with E-state index >= 15 is 0 Å². The molecule has 2 aliphatic rings. The van der Waals surface area contributed by atoms with Crippen LogP contribution in [0.3, 0.4) is 0 Å². The second-order valence-corrected chi connectivity index (χ2v) is 5.89. The second-order valence-electron chi connectivity index (χ2n) is 5.89. The number of fused-ring (bicyclic) bond motifs is 1. The number of nitrogens with one attached hydrogen (secondary N) is 2. The number of carbonyl (C=O) groups is 3. The maximum absolute atomic E-state index is 12.2. The Labute approximate surface area is 124 Å². The molecule has 2 N–H and O–H groups in total. The van der Waals surface area contributed by atoms with Crippen molar-refractivity contribution < 1.29 is 14.4 Å². The van der Waals surface area contributed by atoms with Gasteiger partial charge in [-0.05, 0) is 18.8 Å². The molecule has 1 heterocycles. The lowest BCUT2D eigenvalue weighted by Crippen LogP contribution is -2.51. The standard InChI is InChI=1S/C15H23N3O3/c1-5-8-7-9(6-2)12(16-15(21)18(3)4)11-10(8)13(19)17-14(11)20/h7-8,10-12H,5-6H2,1-4H3,(H,16,21)(H,17,19,20)/t8-,10-,11-,12+/m0/s1. The number of hydrogen-bond acceptors (Lipinski definition) is 3. The molecule has 1 aliphatic heterocycles. The Morgan fingerprint density at radius 1 is 1.24 bits per heavy atom. The zero-order valence-corrected chi connectivity index (χ0v) is 13.0. The molecule has 6 heteroatoms. The summed E-state index contributed by atoms with van der Waals surface area (Å²) in [7, 11) is 3.30. The van der Waals surface area contributed by atoms with Crippen molar-refractivity contribution >= 4 is 17.8 Å². The molecule has 6 nitrogen and oxygen atoms in total. The summed E-state index contributed by atoms with van der Waals surface area (Å²) in [6.45, 7) is 4.02. The van der Waals surface area contributed by atoms with Crippen LogP contribution in [-0.2, 0) is 9.59 Å². The van der Waals surface area contributed by atoms with Gasteiger partial charge in [-0.3, -0.25) is 14.9 Å². The Morgan fingerprint density at radius 3 is 2.38 bits per heavy atom. The lowest BCUT2D eigenvalue weighted by molar-refractivity contribution is -0.126. The van der Waals surface area contributed by atoms with Crippen molar-refractivity contribution in [2.45, 2.75) is 32.7 Å².